The topological polar surface area (TPSA) is 20.2 Å². The van der Waals surface area contributed by atoms with Crippen LogP contribution in [-0.4, -0.2) is 4.89 Å². The van der Waals surface area contributed by atoms with E-state index in [1.54, 1.807) is 0 Å². The zero-order chi connectivity index (χ0) is 31.7. The Morgan fingerprint density at radius 1 is 0.405 bits per heavy atom. The standard InChI is InChI=1S/C40H50.H3OP/c1-37(2,3)28-21-23-31(34(25-28)39(7,8)9)32-20-16-19-30(27-17-14-13-15-18-27)36(32)33-24-22-29(38(4,5)6)26-35(33)40(10,11)12;1-2/h13-26H,1-12H3;1H,2H2. The fraction of sp³-hybridized carbons (Fsp3) is 0.400. The van der Waals surface area contributed by atoms with Crippen molar-refractivity contribution in [3.8, 4) is 33.4 Å². The average molecular weight is 581 g/mol. The normalized spacial score (nSPS) is 12.5. The molecule has 0 heterocycles. The van der Waals surface area contributed by atoms with Gasteiger partial charge < -0.3 is 4.89 Å². The quantitative estimate of drug-likeness (QED) is 0.239. The lowest BCUT2D eigenvalue weighted by atomic mass is 9.73. The van der Waals surface area contributed by atoms with E-state index in [1.165, 1.54) is 65.1 Å². The number of hydrogen-bond acceptors (Lipinski definition) is 1. The number of benzene rings is 4. The van der Waals surface area contributed by atoms with Crippen LogP contribution in [0.3, 0.4) is 0 Å². The van der Waals surface area contributed by atoms with Gasteiger partial charge in [-0.15, -0.1) is 0 Å². The summed E-state index contributed by atoms with van der Waals surface area (Å²) in [6, 6.07) is 32.2. The maximum absolute atomic E-state index is 6.92. The molecule has 1 nitrogen and oxygen atoms in total. The fourth-order valence-electron chi connectivity index (χ4n) is 5.64. The van der Waals surface area contributed by atoms with Crippen molar-refractivity contribution in [1.29, 1.82) is 0 Å². The molecule has 0 fully saturated rings. The van der Waals surface area contributed by atoms with Crippen LogP contribution in [0.15, 0.2) is 84.9 Å². The van der Waals surface area contributed by atoms with E-state index in [0.717, 1.165) is 0 Å². The first-order chi connectivity index (χ1) is 19.4. The van der Waals surface area contributed by atoms with Gasteiger partial charge in [0.1, 0.15) is 0 Å². The van der Waals surface area contributed by atoms with Crippen molar-refractivity contribution < 1.29 is 4.89 Å². The van der Waals surface area contributed by atoms with Gasteiger partial charge in [0.05, 0.1) is 0 Å². The molecule has 0 aliphatic carbocycles. The zero-order valence-electron chi connectivity index (χ0n) is 28.1. The van der Waals surface area contributed by atoms with E-state index in [0.29, 0.717) is 0 Å². The zero-order valence-corrected chi connectivity index (χ0v) is 29.3. The molecule has 0 bridgehead atoms. The first-order valence-corrected chi connectivity index (χ1v) is 15.7. The van der Waals surface area contributed by atoms with Gasteiger partial charge in [0.15, 0.2) is 0 Å². The third-order valence-corrected chi connectivity index (χ3v) is 8.10. The minimum Gasteiger partial charge on any atom is -0.380 e. The predicted octanol–water partition coefficient (Wildman–Crippen LogP) is 11.6. The minimum atomic E-state index is -0.0133. The van der Waals surface area contributed by atoms with E-state index in [1.807, 2.05) is 0 Å². The summed E-state index contributed by atoms with van der Waals surface area (Å²) in [5, 5.41) is 0. The maximum Gasteiger partial charge on any atom is -0.00237 e. The summed E-state index contributed by atoms with van der Waals surface area (Å²) in [5.41, 5.74) is 13.5. The molecule has 0 aromatic heterocycles. The molecule has 0 aliphatic rings. The predicted molar refractivity (Wildman–Crippen MR) is 189 cm³/mol. The van der Waals surface area contributed by atoms with Crippen molar-refractivity contribution in [1.82, 2.24) is 0 Å². The van der Waals surface area contributed by atoms with E-state index in [9.17, 15) is 0 Å². The van der Waals surface area contributed by atoms with Crippen molar-refractivity contribution >= 4 is 9.47 Å². The highest BCUT2D eigenvalue weighted by Crippen LogP contribution is 2.47. The number of rotatable bonds is 3. The van der Waals surface area contributed by atoms with Crippen LogP contribution in [0.25, 0.3) is 33.4 Å². The van der Waals surface area contributed by atoms with E-state index in [-0.39, 0.29) is 21.7 Å². The van der Waals surface area contributed by atoms with Crippen LogP contribution >= 0.6 is 9.47 Å². The van der Waals surface area contributed by atoms with Crippen molar-refractivity contribution in [2.45, 2.75) is 105 Å². The monoisotopic (exact) mass is 580 g/mol. The lowest BCUT2D eigenvalue weighted by Gasteiger charge is -2.31. The van der Waals surface area contributed by atoms with Gasteiger partial charge in [-0.25, -0.2) is 0 Å². The first-order valence-electron chi connectivity index (χ1n) is 15.1. The van der Waals surface area contributed by atoms with E-state index >= 15 is 0 Å². The highest BCUT2D eigenvalue weighted by molar-refractivity contribution is 7.08. The molecule has 4 rings (SSSR count). The molecule has 4 aromatic carbocycles. The smallest absolute Gasteiger partial charge is 0.00237 e. The minimum absolute atomic E-state index is 0.000432. The van der Waals surface area contributed by atoms with E-state index in [4.69, 9.17) is 4.89 Å². The third-order valence-electron chi connectivity index (χ3n) is 8.10. The van der Waals surface area contributed by atoms with Crippen LogP contribution in [0, 0.1) is 0 Å². The summed E-state index contributed by atoms with van der Waals surface area (Å²) >= 11 is 0. The molecule has 224 valence electrons. The summed E-state index contributed by atoms with van der Waals surface area (Å²) in [6.07, 6.45) is 0. The van der Waals surface area contributed by atoms with Crippen LogP contribution in [0.2, 0.25) is 0 Å². The lowest BCUT2D eigenvalue weighted by Crippen LogP contribution is -2.18. The Bertz CT molecular complexity index is 1500. The summed E-state index contributed by atoms with van der Waals surface area (Å²) < 4.78 is 0. The molecule has 42 heavy (non-hydrogen) atoms. The van der Waals surface area contributed by atoms with Gasteiger partial charge in [0, 0.05) is 0 Å². The fourth-order valence-corrected chi connectivity index (χ4v) is 5.64. The van der Waals surface area contributed by atoms with Crippen LogP contribution in [0.5, 0.6) is 0 Å². The van der Waals surface area contributed by atoms with Gasteiger partial charge in [0.25, 0.3) is 0 Å². The molecule has 4 aromatic rings. The second-order valence-electron chi connectivity index (χ2n) is 15.6. The molecule has 0 saturated heterocycles. The molecule has 0 aliphatic heterocycles. The first kappa shape index (κ1) is 33.8. The summed E-state index contributed by atoms with van der Waals surface area (Å²) in [7, 11) is 1.42. The molecule has 0 amide bonds. The van der Waals surface area contributed by atoms with Gasteiger partial charge in [-0.2, -0.15) is 0 Å². The van der Waals surface area contributed by atoms with Gasteiger partial charge in [-0.3, -0.25) is 0 Å². The molecule has 0 spiro atoms. The van der Waals surface area contributed by atoms with Crippen LogP contribution < -0.4 is 0 Å². The Morgan fingerprint density at radius 2 is 0.833 bits per heavy atom. The molecule has 0 saturated carbocycles. The summed E-state index contributed by atoms with van der Waals surface area (Å²) in [6.45, 7) is 27.9. The van der Waals surface area contributed by atoms with Crippen LogP contribution in [-0.2, 0) is 21.7 Å². The summed E-state index contributed by atoms with van der Waals surface area (Å²) in [5.74, 6) is 0. The molecule has 1 atom stereocenters. The SMILES string of the molecule is CC(C)(C)c1ccc(-c2cccc(-c3ccccc3)c2-c2ccc(C(C)(C)C)cc2C(C)(C)C)c(C(C)(C)C)c1.OP. The largest absolute Gasteiger partial charge is 0.380 e. The van der Waals surface area contributed by atoms with Gasteiger partial charge in [-0.05, 0) is 86.8 Å². The van der Waals surface area contributed by atoms with Gasteiger partial charge in [0.2, 0.25) is 0 Å². The Balaban J connectivity index is 0.00000237. The molecule has 2 heteroatoms. The van der Waals surface area contributed by atoms with E-state index < -0.39 is 0 Å². The maximum atomic E-state index is 6.92. The third kappa shape index (κ3) is 7.42. The molecular formula is C40H53OP. The second kappa shape index (κ2) is 12.5. The Hall–Kier alpha value is -2.73. The van der Waals surface area contributed by atoms with Crippen molar-refractivity contribution in [3.05, 3.63) is 107 Å². The lowest BCUT2D eigenvalue weighted by molar-refractivity contribution is 0.568. The van der Waals surface area contributed by atoms with Crippen molar-refractivity contribution in [3.63, 3.8) is 0 Å². The van der Waals surface area contributed by atoms with Crippen molar-refractivity contribution in [2.75, 3.05) is 0 Å². The van der Waals surface area contributed by atoms with Crippen LogP contribution in [0.4, 0.5) is 0 Å². The summed E-state index contributed by atoms with van der Waals surface area (Å²) in [4.78, 5) is 6.92. The molecule has 1 N–H and O–H groups in total. The molecular weight excluding hydrogens is 527 g/mol. The highest BCUT2D eigenvalue weighted by atomic mass is 31.0. The van der Waals surface area contributed by atoms with Crippen LogP contribution in [0.1, 0.15) is 105 Å². The van der Waals surface area contributed by atoms with Gasteiger partial charge in [-0.1, -0.05) is 168 Å². The second-order valence-corrected chi connectivity index (χ2v) is 15.6. The highest BCUT2D eigenvalue weighted by Gasteiger charge is 2.28. The van der Waals surface area contributed by atoms with Crippen molar-refractivity contribution in [2.24, 2.45) is 0 Å². The Morgan fingerprint density at radius 3 is 1.29 bits per heavy atom. The van der Waals surface area contributed by atoms with E-state index in [2.05, 4.69) is 168 Å². The number of hydrogen-bond donors (Lipinski definition) is 1. The van der Waals surface area contributed by atoms with Gasteiger partial charge >= 0.3 is 0 Å². The average Bonchev–Trinajstić information content (AvgIpc) is 2.91. The molecule has 0 radical (unpaired) electrons. The Labute approximate surface area is 259 Å². The molecule has 1 unspecified atom stereocenters. The Kier molecular flexibility index (Phi) is 10.0.